The van der Waals surface area contributed by atoms with Crippen LogP contribution >= 0.6 is 0 Å². The van der Waals surface area contributed by atoms with Gasteiger partial charge in [0.15, 0.2) is 11.5 Å². The third-order valence-electron chi connectivity index (χ3n) is 5.29. The van der Waals surface area contributed by atoms with Crippen LogP contribution in [0.25, 0.3) is 5.76 Å². The molecule has 1 unspecified atom stereocenters. The Bertz CT molecular complexity index is 1200. The van der Waals surface area contributed by atoms with E-state index in [0.29, 0.717) is 23.4 Å². The monoisotopic (exact) mass is 430 g/mol. The Hall–Kier alpha value is -4.13. The molecule has 0 saturated carbocycles. The number of ether oxygens (including phenoxy) is 1. The minimum absolute atomic E-state index is 0.0455. The molecule has 1 amide bonds. The van der Waals surface area contributed by atoms with Crippen molar-refractivity contribution in [3.63, 3.8) is 0 Å². The van der Waals surface area contributed by atoms with Crippen molar-refractivity contribution in [2.75, 3.05) is 11.5 Å². The van der Waals surface area contributed by atoms with Crippen LogP contribution in [0.4, 0.5) is 5.69 Å². The van der Waals surface area contributed by atoms with Crippen molar-refractivity contribution < 1.29 is 24.5 Å². The third-order valence-corrected chi connectivity index (χ3v) is 5.29. The lowest BCUT2D eigenvalue weighted by atomic mass is 9.94. The first-order valence-electron chi connectivity index (χ1n) is 10.2. The molecule has 0 radical (unpaired) electrons. The number of aromatic nitrogens is 1. The number of rotatable bonds is 5. The average molecular weight is 430 g/mol. The smallest absolute Gasteiger partial charge is 0.300 e. The van der Waals surface area contributed by atoms with Crippen LogP contribution in [-0.2, 0) is 9.59 Å². The number of aliphatic hydroxyl groups is 1. The number of carbonyl (C=O) groups is 2. The van der Waals surface area contributed by atoms with E-state index >= 15 is 0 Å². The number of ketones is 1. The number of amides is 1. The number of hydrogen-bond donors (Lipinski definition) is 2. The van der Waals surface area contributed by atoms with Gasteiger partial charge in [0.2, 0.25) is 0 Å². The van der Waals surface area contributed by atoms with Crippen LogP contribution in [0.2, 0.25) is 0 Å². The molecule has 1 saturated heterocycles. The van der Waals surface area contributed by atoms with Gasteiger partial charge in [0.25, 0.3) is 11.7 Å². The zero-order valence-electron chi connectivity index (χ0n) is 17.6. The highest BCUT2D eigenvalue weighted by atomic mass is 16.5. The number of hydrogen-bond acceptors (Lipinski definition) is 6. The average Bonchev–Trinajstić information content (AvgIpc) is 3.06. The minimum Gasteiger partial charge on any atom is -0.507 e. The summed E-state index contributed by atoms with van der Waals surface area (Å²) in [6.45, 7) is 4.02. The third kappa shape index (κ3) is 3.69. The van der Waals surface area contributed by atoms with Gasteiger partial charge < -0.3 is 14.9 Å². The van der Waals surface area contributed by atoms with Gasteiger partial charge in [-0.05, 0) is 43.7 Å². The lowest BCUT2D eigenvalue weighted by Gasteiger charge is -2.25. The first-order valence-corrected chi connectivity index (χ1v) is 10.2. The molecular formula is C25H22N2O5. The second kappa shape index (κ2) is 8.55. The van der Waals surface area contributed by atoms with Crippen LogP contribution < -0.4 is 9.64 Å². The van der Waals surface area contributed by atoms with Crippen LogP contribution in [0.3, 0.4) is 0 Å². The van der Waals surface area contributed by atoms with Crippen LogP contribution in [0.5, 0.6) is 11.5 Å². The number of pyridine rings is 1. The zero-order valence-corrected chi connectivity index (χ0v) is 17.6. The Morgan fingerprint density at radius 1 is 1.12 bits per heavy atom. The van der Waals surface area contributed by atoms with E-state index in [1.165, 1.54) is 17.2 Å². The lowest BCUT2D eigenvalue weighted by Crippen LogP contribution is -2.29. The molecule has 32 heavy (non-hydrogen) atoms. The fourth-order valence-electron chi connectivity index (χ4n) is 3.75. The number of anilines is 1. The number of Topliss-reactive ketones (excluding diaryl/α,β-unsaturated/α-hetero) is 1. The number of benzene rings is 2. The summed E-state index contributed by atoms with van der Waals surface area (Å²) in [6, 6.07) is 14.0. The Morgan fingerprint density at radius 2 is 1.88 bits per heavy atom. The molecule has 1 aliphatic rings. The Kier molecular flexibility index (Phi) is 5.64. The predicted molar refractivity (Wildman–Crippen MR) is 119 cm³/mol. The fourth-order valence-corrected chi connectivity index (χ4v) is 3.75. The highest BCUT2D eigenvalue weighted by Crippen LogP contribution is 2.43. The van der Waals surface area contributed by atoms with Crippen molar-refractivity contribution >= 4 is 23.1 Å². The van der Waals surface area contributed by atoms with Crippen LogP contribution in [0.1, 0.15) is 29.7 Å². The van der Waals surface area contributed by atoms with Crippen molar-refractivity contribution in [2.45, 2.75) is 19.9 Å². The maximum Gasteiger partial charge on any atom is 0.300 e. The largest absolute Gasteiger partial charge is 0.507 e. The van der Waals surface area contributed by atoms with Crippen molar-refractivity contribution in [3.8, 4) is 11.5 Å². The summed E-state index contributed by atoms with van der Waals surface area (Å²) in [7, 11) is 0. The molecule has 1 aliphatic heterocycles. The molecule has 3 aromatic rings. The topological polar surface area (TPSA) is 100.0 Å². The minimum atomic E-state index is -0.930. The highest BCUT2D eigenvalue weighted by Gasteiger charge is 2.47. The van der Waals surface area contributed by atoms with E-state index in [2.05, 4.69) is 4.98 Å². The van der Waals surface area contributed by atoms with Gasteiger partial charge in [-0.2, -0.15) is 0 Å². The van der Waals surface area contributed by atoms with E-state index in [1.54, 1.807) is 49.5 Å². The highest BCUT2D eigenvalue weighted by molar-refractivity contribution is 6.51. The van der Waals surface area contributed by atoms with Gasteiger partial charge >= 0.3 is 0 Å². The molecule has 162 valence electrons. The lowest BCUT2D eigenvalue weighted by molar-refractivity contribution is -0.132. The summed E-state index contributed by atoms with van der Waals surface area (Å²) < 4.78 is 5.50. The molecule has 4 rings (SSSR count). The molecule has 2 aromatic carbocycles. The molecule has 0 bridgehead atoms. The van der Waals surface area contributed by atoms with Gasteiger partial charge in [-0.15, -0.1) is 0 Å². The van der Waals surface area contributed by atoms with Crippen LogP contribution in [0, 0.1) is 6.92 Å². The van der Waals surface area contributed by atoms with Crippen molar-refractivity contribution in [1.82, 2.24) is 4.98 Å². The number of phenols is 1. The van der Waals surface area contributed by atoms with E-state index in [0.717, 1.165) is 5.56 Å². The van der Waals surface area contributed by atoms with Crippen molar-refractivity contribution in [1.29, 1.82) is 0 Å². The van der Waals surface area contributed by atoms with Gasteiger partial charge in [0, 0.05) is 11.8 Å². The number of nitrogens with zero attached hydrogens (tertiary/aromatic N) is 2. The first kappa shape index (κ1) is 21.1. The molecule has 2 N–H and O–H groups in total. The van der Waals surface area contributed by atoms with Crippen molar-refractivity contribution in [2.24, 2.45) is 0 Å². The van der Waals surface area contributed by atoms with Gasteiger partial charge in [-0.25, -0.2) is 0 Å². The normalized spacial score (nSPS) is 17.6. The number of aliphatic hydroxyl groups excluding tert-OH is 1. The van der Waals surface area contributed by atoms with Gasteiger partial charge in [0.05, 0.1) is 30.1 Å². The van der Waals surface area contributed by atoms with E-state index < -0.39 is 17.7 Å². The molecule has 0 aliphatic carbocycles. The zero-order chi connectivity index (χ0) is 22.8. The van der Waals surface area contributed by atoms with E-state index in [9.17, 15) is 19.8 Å². The maximum absolute atomic E-state index is 13.1. The van der Waals surface area contributed by atoms with E-state index in [-0.39, 0.29) is 22.8 Å². The summed E-state index contributed by atoms with van der Waals surface area (Å²) in [5.41, 5.74) is 2.29. The van der Waals surface area contributed by atoms with Crippen LogP contribution in [0.15, 0.2) is 72.6 Å². The summed E-state index contributed by atoms with van der Waals surface area (Å²) >= 11 is 0. The number of aromatic hydroxyl groups is 1. The van der Waals surface area contributed by atoms with Gasteiger partial charge in [-0.3, -0.25) is 19.5 Å². The first-order chi connectivity index (χ1) is 15.4. The molecule has 7 heteroatoms. The number of aryl methyl sites for hydroxylation is 1. The Morgan fingerprint density at radius 3 is 2.53 bits per heavy atom. The molecule has 7 nitrogen and oxygen atoms in total. The fraction of sp³-hybridized carbons (Fsp3) is 0.160. The van der Waals surface area contributed by atoms with Crippen molar-refractivity contribution in [3.05, 3.63) is 89.3 Å². The SMILES string of the molecule is CCOc1cc(C2C(=C(O)c3ccc(C)cc3)C(=O)C(=O)N2c2cccnc2)ccc1O. The van der Waals surface area contributed by atoms with E-state index in [4.69, 9.17) is 4.74 Å². The van der Waals surface area contributed by atoms with Gasteiger partial charge in [0.1, 0.15) is 5.76 Å². The summed E-state index contributed by atoms with van der Waals surface area (Å²) in [5, 5.41) is 21.2. The van der Waals surface area contributed by atoms with Crippen LogP contribution in [-0.4, -0.2) is 33.5 Å². The molecular weight excluding hydrogens is 408 g/mol. The number of carbonyl (C=O) groups excluding carboxylic acids is 2. The predicted octanol–water partition coefficient (Wildman–Crippen LogP) is 4.12. The molecule has 1 fully saturated rings. The summed E-state index contributed by atoms with van der Waals surface area (Å²) in [4.78, 5) is 31.6. The molecule has 1 atom stereocenters. The molecule has 0 spiro atoms. The second-order valence-corrected chi connectivity index (χ2v) is 7.41. The maximum atomic E-state index is 13.1. The number of phenolic OH excluding ortho intramolecular Hbond substituents is 1. The Labute approximate surface area is 185 Å². The standard InChI is InChI=1S/C25H22N2O5/c1-3-32-20-13-17(10-11-19(20)28)22-21(23(29)16-8-6-15(2)7-9-16)24(30)25(31)27(22)18-5-4-12-26-14-18/h4-14,22,28-29H,3H2,1-2H3. The Balaban J connectivity index is 1.95. The molecule has 2 heterocycles. The van der Waals surface area contributed by atoms with E-state index in [1.807, 2.05) is 19.1 Å². The molecule has 1 aromatic heterocycles. The van der Waals surface area contributed by atoms with Gasteiger partial charge in [-0.1, -0.05) is 35.9 Å². The quantitative estimate of drug-likeness (QED) is 0.359. The summed E-state index contributed by atoms with van der Waals surface area (Å²) in [6.07, 6.45) is 3.04. The summed E-state index contributed by atoms with van der Waals surface area (Å²) in [5.74, 6) is -1.69. The second-order valence-electron chi connectivity index (χ2n) is 7.41.